The number of nitrogens with one attached hydrogen (secondary N) is 1. The van der Waals surface area contributed by atoms with Gasteiger partial charge in [0.2, 0.25) is 11.9 Å². The average Bonchev–Trinajstić information content (AvgIpc) is 3.43. The highest BCUT2D eigenvalue weighted by Gasteiger charge is 2.15. The molecule has 0 aliphatic rings. The largest absolute Gasteiger partial charge is 0.295 e. The third-order valence-corrected chi connectivity index (χ3v) is 4.74. The molecule has 1 amide bonds. The van der Waals surface area contributed by atoms with Crippen molar-refractivity contribution in [2.24, 2.45) is 0 Å². The van der Waals surface area contributed by atoms with Crippen LogP contribution in [0.4, 0.5) is 5.95 Å². The highest BCUT2D eigenvalue weighted by molar-refractivity contribution is 5.93. The predicted octanol–water partition coefficient (Wildman–Crippen LogP) is 3.18. The van der Waals surface area contributed by atoms with Crippen molar-refractivity contribution in [1.82, 2.24) is 29.8 Å². The summed E-state index contributed by atoms with van der Waals surface area (Å²) < 4.78 is 3.51. The van der Waals surface area contributed by atoms with E-state index in [0.29, 0.717) is 5.95 Å². The van der Waals surface area contributed by atoms with Gasteiger partial charge in [-0.3, -0.25) is 14.7 Å². The van der Waals surface area contributed by atoms with Crippen LogP contribution in [0.3, 0.4) is 0 Å². The second-order valence-corrected chi connectivity index (χ2v) is 6.74. The zero-order valence-corrected chi connectivity index (χ0v) is 15.9. The fourth-order valence-electron chi connectivity index (χ4n) is 3.35. The summed E-state index contributed by atoms with van der Waals surface area (Å²) in [7, 11) is 0. The van der Waals surface area contributed by atoms with E-state index in [9.17, 15) is 4.79 Å². The van der Waals surface area contributed by atoms with Gasteiger partial charge < -0.3 is 0 Å². The number of benzene rings is 3. The molecule has 5 rings (SSSR count). The van der Waals surface area contributed by atoms with Gasteiger partial charge in [0.25, 0.3) is 0 Å². The monoisotopic (exact) mass is 395 g/mol. The number of fused-ring (bicyclic) bond motifs is 1. The first-order valence-electron chi connectivity index (χ1n) is 9.43. The van der Waals surface area contributed by atoms with Crippen molar-refractivity contribution in [3.63, 3.8) is 0 Å². The number of carbonyl (C=O) groups is 1. The number of hydrogen-bond acceptors (Lipinski definition) is 5. The number of carbonyl (C=O) groups excluding carboxylic acids is 1. The van der Waals surface area contributed by atoms with Gasteiger partial charge in [0, 0.05) is 5.69 Å². The molecule has 0 bridgehead atoms. The van der Waals surface area contributed by atoms with Crippen molar-refractivity contribution < 1.29 is 4.79 Å². The zero-order valence-electron chi connectivity index (χ0n) is 15.9. The van der Waals surface area contributed by atoms with Crippen LogP contribution in [0, 0.1) is 0 Å². The summed E-state index contributed by atoms with van der Waals surface area (Å²) in [5.41, 5.74) is 4.40. The molecule has 0 aliphatic heterocycles. The van der Waals surface area contributed by atoms with Crippen LogP contribution in [-0.2, 0) is 11.2 Å². The van der Waals surface area contributed by atoms with Gasteiger partial charge in [0.05, 0.1) is 23.1 Å². The molecule has 0 spiro atoms. The summed E-state index contributed by atoms with van der Waals surface area (Å²) in [4.78, 5) is 17.4. The number of anilines is 1. The maximum atomic E-state index is 12.8. The van der Waals surface area contributed by atoms with E-state index in [0.717, 1.165) is 28.0 Å². The topological polar surface area (TPSA) is 90.5 Å². The Morgan fingerprint density at radius 1 is 0.867 bits per heavy atom. The fraction of sp³-hybridized carbons (Fsp3) is 0.0455. The normalized spacial score (nSPS) is 10.9. The van der Waals surface area contributed by atoms with E-state index < -0.39 is 0 Å². The minimum Gasteiger partial charge on any atom is -0.295 e. The Hall–Kier alpha value is -4.33. The van der Waals surface area contributed by atoms with E-state index in [-0.39, 0.29) is 12.3 Å². The van der Waals surface area contributed by atoms with Gasteiger partial charge in [-0.15, -0.1) is 5.10 Å². The predicted molar refractivity (Wildman–Crippen MR) is 113 cm³/mol. The van der Waals surface area contributed by atoms with Crippen LogP contribution in [0.15, 0.2) is 85.2 Å². The Morgan fingerprint density at radius 2 is 1.63 bits per heavy atom. The van der Waals surface area contributed by atoms with E-state index in [2.05, 4.69) is 25.8 Å². The minimum atomic E-state index is -0.141. The Balaban J connectivity index is 1.40. The Bertz CT molecular complexity index is 1290. The summed E-state index contributed by atoms with van der Waals surface area (Å²) in [5.74, 6) is 0.357. The van der Waals surface area contributed by atoms with Gasteiger partial charge in [0.1, 0.15) is 6.33 Å². The average molecular weight is 395 g/mol. The van der Waals surface area contributed by atoms with E-state index in [1.54, 1.807) is 4.68 Å². The lowest BCUT2D eigenvalue weighted by Gasteiger charge is -2.10. The number of para-hydroxylation sites is 3. The molecule has 1 N–H and O–H groups in total. The molecular weight excluding hydrogens is 378 g/mol. The third-order valence-electron chi connectivity index (χ3n) is 4.74. The second kappa shape index (κ2) is 7.59. The number of nitrogens with zero attached hydrogens (tertiary/aromatic N) is 6. The Labute approximate surface area is 171 Å². The summed E-state index contributed by atoms with van der Waals surface area (Å²) >= 11 is 0. The molecule has 0 atom stereocenters. The first-order chi connectivity index (χ1) is 14.8. The summed E-state index contributed by atoms with van der Waals surface area (Å²) in [6.45, 7) is 0. The quantitative estimate of drug-likeness (QED) is 0.494. The lowest BCUT2D eigenvalue weighted by molar-refractivity contribution is -0.115. The third kappa shape index (κ3) is 3.42. The summed E-state index contributed by atoms with van der Waals surface area (Å²) in [6.07, 6.45) is 1.75. The number of hydrogen-bond donors (Lipinski definition) is 1. The highest BCUT2D eigenvalue weighted by atomic mass is 16.1. The molecular formula is C22H17N7O. The van der Waals surface area contributed by atoms with Crippen LogP contribution in [0.1, 0.15) is 5.56 Å². The van der Waals surface area contributed by atoms with Crippen LogP contribution in [-0.4, -0.2) is 35.7 Å². The lowest BCUT2D eigenvalue weighted by Crippen LogP contribution is -2.17. The van der Waals surface area contributed by atoms with E-state index in [1.807, 2.05) is 83.4 Å². The molecule has 0 saturated carbocycles. The van der Waals surface area contributed by atoms with Crippen molar-refractivity contribution in [2.75, 3.05) is 5.32 Å². The van der Waals surface area contributed by atoms with Gasteiger partial charge in [-0.05, 0) is 52.4 Å². The lowest BCUT2D eigenvalue weighted by atomic mass is 10.1. The molecule has 3 aromatic carbocycles. The van der Waals surface area contributed by atoms with Crippen molar-refractivity contribution in [2.45, 2.75) is 6.42 Å². The maximum absolute atomic E-state index is 12.8. The van der Waals surface area contributed by atoms with Gasteiger partial charge in [-0.1, -0.05) is 42.5 Å². The van der Waals surface area contributed by atoms with Crippen LogP contribution in [0.5, 0.6) is 0 Å². The molecule has 2 heterocycles. The van der Waals surface area contributed by atoms with Crippen LogP contribution in [0.2, 0.25) is 0 Å². The summed E-state index contributed by atoms with van der Waals surface area (Å²) in [5, 5.41) is 14.1. The Morgan fingerprint density at radius 3 is 2.40 bits per heavy atom. The number of tetrazole rings is 1. The number of rotatable bonds is 5. The number of amides is 1. The first-order valence-corrected chi connectivity index (χ1v) is 9.43. The molecule has 8 nitrogen and oxygen atoms in total. The van der Waals surface area contributed by atoms with Crippen molar-refractivity contribution in [3.8, 4) is 11.4 Å². The van der Waals surface area contributed by atoms with E-state index in [4.69, 9.17) is 0 Å². The molecule has 0 unspecified atom stereocenters. The standard InChI is InChI=1S/C22H17N7O/c30-21(14-16-10-12-17(13-11-16)28-15-23-26-27-28)25-22-24-19-8-4-5-9-20(19)29(22)18-6-2-1-3-7-18/h1-13,15H,14H2,(H,24,25,30). The van der Waals surface area contributed by atoms with Crippen molar-refractivity contribution >= 4 is 22.9 Å². The highest BCUT2D eigenvalue weighted by Crippen LogP contribution is 2.24. The molecule has 0 fully saturated rings. The van der Waals surface area contributed by atoms with Crippen LogP contribution < -0.4 is 5.32 Å². The number of imidazole rings is 1. The van der Waals surface area contributed by atoms with Gasteiger partial charge in [-0.2, -0.15) is 0 Å². The van der Waals surface area contributed by atoms with Gasteiger partial charge >= 0.3 is 0 Å². The fourth-order valence-corrected chi connectivity index (χ4v) is 3.35. The molecule has 30 heavy (non-hydrogen) atoms. The molecule has 5 aromatic rings. The second-order valence-electron chi connectivity index (χ2n) is 6.74. The first kappa shape index (κ1) is 17.7. The summed E-state index contributed by atoms with van der Waals surface area (Å²) in [6, 6.07) is 25.2. The SMILES string of the molecule is O=C(Cc1ccc(-n2cnnn2)cc1)Nc1nc2ccccc2n1-c1ccccc1. The van der Waals surface area contributed by atoms with E-state index in [1.165, 1.54) is 6.33 Å². The molecule has 2 aromatic heterocycles. The Kier molecular flexibility index (Phi) is 4.49. The molecule has 0 radical (unpaired) electrons. The molecule has 8 heteroatoms. The number of aromatic nitrogens is 6. The minimum absolute atomic E-state index is 0.141. The van der Waals surface area contributed by atoms with Crippen LogP contribution >= 0.6 is 0 Å². The van der Waals surface area contributed by atoms with Crippen LogP contribution in [0.25, 0.3) is 22.4 Å². The van der Waals surface area contributed by atoms with Crippen molar-refractivity contribution in [3.05, 3.63) is 90.8 Å². The smallest absolute Gasteiger partial charge is 0.231 e. The maximum Gasteiger partial charge on any atom is 0.231 e. The van der Waals surface area contributed by atoms with Gasteiger partial charge in [-0.25, -0.2) is 9.67 Å². The van der Waals surface area contributed by atoms with Gasteiger partial charge in [0.15, 0.2) is 0 Å². The zero-order chi connectivity index (χ0) is 20.3. The van der Waals surface area contributed by atoms with Crippen molar-refractivity contribution in [1.29, 1.82) is 0 Å². The molecule has 0 aliphatic carbocycles. The molecule has 0 saturated heterocycles. The molecule has 146 valence electrons. The van der Waals surface area contributed by atoms with E-state index >= 15 is 0 Å².